The second-order valence-corrected chi connectivity index (χ2v) is 10.6. The summed E-state index contributed by atoms with van der Waals surface area (Å²) in [6.07, 6.45) is -4.99. The molecular weight excluding hydrogens is 566 g/mol. The zero-order chi connectivity index (χ0) is 27.7. The third-order valence-electron chi connectivity index (χ3n) is 5.60. The summed E-state index contributed by atoms with van der Waals surface area (Å²) in [4.78, 5) is 16.1. The van der Waals surface area contributed by atoms with Gasteiger partial charge in [-0.2, -0.15) is 13.2 Å². The van der Waals surface area contributed by atoms with E-state index in [0.717, 1.165) is 11.6 Å². The van der Waals surface area contributed by atoms with E-state index >= 15 is 0 Å². The minimum Gasteiger partial charge on any atom is -0.448 e. The molecule has 7 nitrogen and oxygen atoms in total. The number of aryl methyl sites for hydroxylation is 1. The van der Waals surface area contributed by atoms with Crippen LogP contribution in [0.3, 0.4) is 0 Å². The lowest BCUT2D eigenvalue weighted by atomic mass is 10.1. The van der Waals surface area contributed by atoms with Crippen LogP contribution in [0.1, 0.15) is 23.9 Å². The first-order valence-corrected chi connectivity index (χ1v) is 13.5. The van der Waals surface area contributed by atoms with Gasteiger partial charge in [0, 0.05) is 18.5 Å². The zero-order valence-corrected chi connectivity index (χ0v) is 22.0. The van der Waals surface area contributed by atoms with Crippen LogP contribution in [-0.2, 0) is 33.8 Å². The van der Waals surface area contributed by atoms with Crippen molar-refractivity contribution in [2.45, 2.75) is 30.8 Å². The standard InChI is InChI=1S/C25H20Cl2F3N3O4S/c1-2-23-31-20-13-17(25(28,29)30)19(27)14-21(20)33(23)16-9-7-15(8-10-16)11-12-37-24(34)32-38(35,36)22-6-4-3-5-18(22)26/h3-10,13-14H,2,11-12H2,1H3,(H,32,34). The molecule has 1 amide bonds. The summed E-state index contributed by atoms with van der Waals surface area (Å²) >= 11 is 11.8. The molecule has 0 aliphatic heterocycles. The van der Waals surface area contributed by atoms with Gasteiger partial charge in [0.2, 0.25) is 0 Å². The molecule has 13 heteroatoms. The second-order valence-electron chi connectivity index (χ2n) is 8.12. The predicted molar refractivity (Wildman–Crippen MR) is 137 cm³/mol. The average molecular weight is 586 g/mol. The number of nitrogens with zero attached hydrogens (tertiary/aromatic N) is 2. The Morgan fingerprint density at radius 2 is 1.74 bits per heavy atom. The smallest absolute Gasteiger partial charge is 0.421 e. The molecule has 0 aliphatic rings. The molecule has 4 aromatic rings. The van der Waals surface area contributed by atoms with E-state index in [1.807, 2.05) is 11.6 Å². The van der Waals surface area contributed by atoms with Gasteiger partial charge >= 0.3 is 12.3 Å². The number of nitrogens with one attached hydrogen (secondary N) is 1. The fourth-order valence-corrected chi connectivity index (χ4v) is 5.50. The molecule has 0 unspecified atom stereocenters. The topological polar surface area (TPSA) is 90.3 Å². The van der Waals surface area contributed by atoms with Gasteiger partial charge in [0.1, 0.15) is 10.7 Å². The molecule has 38 heavy (non-hydrogen) atoms. The summed E-state index contributed by atoms with van der Waals surface area (Å²) in [5.74, 6) is 0.558. The molecule has 0 spiro atoms. The van der Waals surface area contributed by atoms with Crippen LogP contribution in [0, 0.1) is 0 Å². The lowest BCUT2D eigenvalue weighted by Crippen LogP contribution is -2.31. The number of benzene rings is 3. The number of amides is 1. The van der Waals surface area contributed by atoms with E-state index in [1.165, 1.54) is 24.3 Å². The molecule has 200 valence electrons. The number of ether oxygens (including phenoxy) is 1. The van der Waals surface area contributed by atoms with Gasteiger partial charge in [0.15, 0.2) is 0 Å². The molecule has 0 saturated carbocycles. The molecule has 0 saturated heterocycles. The van der Waals surface area contributed by atoms with Crippen LogP contribution in [-0.4, -0.2) is 30.7 Å². The maximum absolute atomic E-state index is 13.3. The van der Waals surface area contributed by atoms with Crippen LogP contribution in [0.5, 0.6) is 0 Å². The van der Waals surface area contributed by atoms with Crippen molar-refractivity contribution in [2.24, 2.45) is 0 Å². The van der Waals surface area contributed by atoms with Crippen molar-refractivity contribution >= 4 is 50.4 Å². The van der Waals surface area contributed by atoms with Gasteiger partial charge in [-0.25, -0.2) is 22.9 Å². The van der Waals surface area contributed by atoms with Gasteiger partial charge in [-0.15, -0.1) is 0 Å². The van der Waals surface area contributed by atoms with Crippen molar-refractivity contribution in [2.75, 3.05) is 6.61 Å². The molecule has 1 aromatic heterocycles. The molecule has 3 aromatic carbocycles. The van der Waals surface area contributed by atoms with E-state index in [-0.39, 0.29) is 28.5 Å². The Labute approximate surface area is 226 Å². The van der Waals surface area contributed by atoms with Gasteiger partial charge < -0.3 is 4.74 Å². The lowest BCUT2D eigenvalue weighted by molar-refractivity contribution is -0.137. The van der Waals surface area contributed by atoms with Gasteiger partial charge in [0.25, 0.3) is 10.0 Å². The minimum absolute atomic E-state index is 0.0344. The van der Waals surface area contributed by atoms with E-state index in [0.29, 0.717) is 23.4 Å². The predicted octanol–water partition coefficient (Wildman–Crippen LogP) is 6.57. The summed E-state index contributed by atoms with van der Waals surface area (Å²) in [5, 5.41) is -0.453. The zero-order valence-electron chi connectivity index (χ0n) is 19.7. The van der Waals surface area contributed by atoms with Crippen molar-refractivity contribution in [3.8, 4) is 5.69 Å². The Morgan fingerprint density at radius 3 is 2.37 bits per heavy atom. The van der Waals surface area contributed by atoms with Gasteiger partial charge in [-0.1, -0.05) is 54.4 Å². The normalized spacial score (nSPS) is 12.1. The highest BCUT2D eigenvalue weighted by atomic mass is 35.5. The lowest BCUT2D eigenvalue weighted by Gasteiger charge is -2.12. The number of carbonyl (C=O) groups excluding carboxylic acids is 1. The van der Waals surface area contributed by atoms with E-state index in [4.69, 9.17) is 27.9 Å². The largest absolute Gasteiger partial charge is 0.448 e. The number of carbonyl (C=O) groups is 1. The van der Waals surface area contributed by atoms with Crippen LogP contribution in [0.15, 0.2) is 65.6 Å². The van der Waals surface area contributed by atoms with E-state index in [1.54, 1.807) is 34.9 Å². The van der Waals surface area contributed by atoms with Gasteiger partial charge in [-0.05, 0) is 42.0 Å². The molecule has 0 aliphatic carbocycles. The molecule has 1 N–H and O–H groups in total. The number of rotatable bonds is 7. The molecule has 0 atom stereocenters. The highest BCUT2D eigenvalue weighted by Crippen LogP contribution is 2.37. The van der Waals surface area contributed by atoms with Crippen LogP contribution >= 0.6 is 23.2 Å². The van der Waals surface area contributed by atoms with Crippen molar-refractivity contribution in [3.63, 3.8) is 0 Å². The van der Waals surface area contributed by atoms with E-state index in [9.17, 15) is 26.4 Å². The minimum atomic E-state index is -4.60. The Morgan fingerprint density at radius 1 is 1.05 bits per heavy atom. The van der Waals surface area contributed by atoms with Crippen LogP contribution < -0.4 is 4.72 Å². The van der Waals surface area contributed by atoms with Crippen molar-refractivity contribution < 1.29 is 31.1 Å². The Bertz CT molecular complexity index is 1600. The number of hydrogen-bond acceptors (Lipinski definition) is 5. The fourth-order valence-electron chi connectivity index (χ4n) is 3.82. The van der Waals surface area contributed by atoms with Crippen molar-refractivity contribution in [1.29, 1.82) is 0 Å². The number of alkyl halides is 3. The first-order valence-electron chi connectivity index (χ1n) is 11.2. The maximum atomic E-state index is 13.3. The quantitative estimate of drug-likeness (QED) is 0.265. The highest BCUT2D eigenvalue weighted by molar-refractivity contribution is 7.90. The number of halogens is 5. The van der Waals surface area contributed by atoms with Crippen LogP contribution in [0.4, 0.5) is 18.0 Å². The summed E-state index contributed by atoms with van der Waals surface area (Å²) < 4.78 is 73.0. The molecular formula is C25H20Cl2F3N3O4S. The second kappa shape index (κ2) is 10.8. The van der Waals surface area contributed by atoms with Crippen LogP contribution in [0.25, 0.3) is 16.7 Å². The number of imidazole rings is 1. The van der Waals surface area contributed by atoms with Crippen molar-refractivity contribution in [1.82, 2.24) is 14.3 Å². The summed E-state index contributed by atoms with van der Waals surface area (Å²) in [5.41, 5.74) is 1.10. The van der Waals surface area contributed by atoms with E-state index < -0.39 is 32.9 Å². The fraction of sp³-hybridized carbons (Fsp3) is 0.200. The number of fused-ring (bicyclic) bond motifs is 1. The maximum Gasteiger partial charge on any atom is 0.421 e. The third kappa shape index (κ3) is 5.90. The van der Waals surface area contributed by atoms with Crippen LogP contribution in [0.2, 0.25) is 10.0 Å². The monoisotopic (exact) mass is 585 g/mol. The molecule has 4 rings (SSSR count). The first-order chi connectivity index (χ1) is 17.9. The highest BCUT2D eigenvalue weighted by Gasteiger charge is 2.34. The average Bonchev–Trinajstić information content (AvgIpc) is 3.20. The summed E-state index contributed by atoms with van der Waals surface area (Å²) in [7, 11) is -4.19. The van der Waals surface area contributed by atoms with Gasteiger partial charge in [0.05, 0.1) is 33.2 Å². The third-order valence-corrected chi connectivity index (χ3v) is 7.72. The number of hydrogen-bond donors (Lipinski definition) is 1. The Hall–Kier alpha value is -3.28. The Balaban J connectivity index is 1.45. The number of sulfonamides is 1. The van der Waals surface area contributed by atoms with E-state index in [2.05, 4.69) is 4.98 Å². The summed E-state index contributed by atoms with van der Waals surface area (Å²) in [6.45, 7) is 1.74. The SMILES string of the molecule is CCc1nc2cc(C(F)(F)F)c(Cl)cc2n1-c1ccc(CCOC(=O)NS(=O)(=O)c2ccccc2Cl)cc1. The molecule has 1 heterocycles. The first kappa shape index (κ1) is 27.7. The molecule has 0 radical (unpaired) electrons. The molecule has 0 bridgehead atoms. The molecule has 0 fully saturated rings. The summed E-state index contributed by atoms with van der Waals surface area (Å²) in [6, 6.07) is 14.9. The number of aromatic nitrogens is 2. The van der Waals surface area contributed by atoms with Crippen molar-refractivity contribution in [3.05, 3.63) is 87.7 Å². The Kier molecular flexibility index (Phi) is 7.91. The van der Waals surface area contributed by atoms with Gasteiger partial charge in [-0.3, -0.25) is 4.57 Å².